The summed E-state index contributed by atoms with van der Waals surface area (Å²) in [5.74, 6) is -0.420. The highest BCUT2D eigenvalue weighted by Crippen LogP contribution is 2.18. The summed E-state index contributed by atoms with van der Waals surface area (Å²) < 4.78 is 20.9. The van der Waals surface area contributed by atoms with Gasteiger partial charge in [-0.15, -0.1) is 0 Å². The molecule has 0 aliphatic heterocycles. The van der Waals surface area contributed by atoms with Gasteiger partial charge in [0.05, 0.1) is 5.52 Å². The van der Waals surface area contributed by atoms with Gasteiger partial charge in [-0.25, -0.2) is 4.39 Å². The predicted octanol–water partition coefficient (Wildman–Crippen LogP) is 4.51. The molecule has 4 rings (SSSR count). The van der Waals surface area contributed by atoms with Crippen molar-refractivity contribution < 1.29 is 13.9 Å². The molecule has 0 fully saturated rings. The first-order valence-electron chi connectivity index (χ1n) is 9.38. The Kier molecular flexibility index (Phi) is 5.30. The van der Waals surface area contributed by atoms with Crippen molar-refractivity contribution in [1.82, 2.24) is 4.57 Å². The Hall–Kier alpha value is -3.93. The van der Waals surface area contributed by atoms with Crippen LogP contribution in [0.1, 0.15) is 15.9 Å². The van der Waals surface area contributed by atoms with Gasteiger partial charge >= 0.3 is 0 Å². The number of hydrogen-bond donors (Lipinski definition) is 1. The van der Waals surface area contributed by atoms with Gasteiger partial charge in [-0.2, -0.15) is 0 Å². The molecule has 1 aromatic heterocycles. The van der Waals surface area contributed by atoms with Crippen LogP contribution in [0.15, 0.2) is 83.8 Å². The highest BCUT2D eigenvalue weighted by atomic mass is 19.1. The predicted molar refractivity (Wildman–Crippen MR) is 114 cm³/mol. The third kappa shape index (κ3) is 4.07. The fourth-order valence-corrected chi connectivity index (χ4v) is 3.20. The van der Waals surface area contributed by atoms with E-state index in [0.29, 0.717) is 23.6 Å². The number of fused-ring (bicyclic) bond motifs is 1. The van der Waals surface area contributed by atoms with E-state index in [1.165, 1.54) is 18.3 Å². The van der Waals surface area contributed by atoms with Gasteiger partial charge < -0.3 is 14.6 Å². The van der Waals surface area contributed by atoms with Crippen LogP contribution in [0.4, 0.5) is 10.1 Å². The third-order valence-corrected chi connectivity index (χ3v) is 4.76. The topological polar surface area (TPSA) is 60.3 Å². The lowest BCUT2D eigenvalue weighted by atomic mass is 10.1. The summed E-state index contributed by atoms with van der Waals surface area (Å²) in [5.41, 5.74) is 1.56. The zero-order valence-corrected chi connectivity index (χ0v) is 16.3. The number of anilines is 1. The summed E-state index contributed by atoms with van der Waals surface area (Å²) in [6.45, 7) is 0.441. The fourth-order valence-electron chi connectivity index (χ4n) is 3.20. The largest absolute Gasteiger partial charge is 0.489 e. The second kappa shape index (κ2) is 8.21. The van der Waals surface area contributed by atoms with Crippen molar-refractivity contribution in [2.24, 2.45) is 7.05 Å². The number of nitrogens with zero attached hydrogens (tertiary/aromatic N) is 1. The maximum Gasteiger partial charge on any atom is 0.261 e. The molecule has 3 aromatic carbocycles. The number of halogens is 1. The first-order valence-corrected chi connectivity index (χ1v) is 9.38. The van der Waals surface area contributed by atoms with E-state index in [4.69, 9.17) is 4.74 Å². The lowest BCUT2D eigenvalue weighted by Gasteiger charge is -2.11. The molecule has 0 unspecified atom stereocenters. The average Bonchev–Trinajstić information content (AvgIpc) is 2.76. The number of pyridine rings is 1. The second-order valence-corrected chi connectivity index (χ2v) is 6.90. The first kappa shape index (κ1) is 19.4. The number of amides is 1. The van der Waals surface area contributed by atoms with Crippen LogP contribution in [0.3, 0.4) is 0 Å². The minimum absolute atomic E-state index is 0.0556. The third-order valence-electron chi connectivity index (χ3n) is 4.76. The molecule has 0 bridgehead atoms. The molecule has 0 aliphatic carbocycles. The molecular formula is C24H19FN2O3. The summed E-state index contributed by atoms with van der Waals surface area (Å²) >= 11 is 0. The highest BCUT2D eigenvalue weighted by molar-refractivity contribution is 6.05. The quantitative estimate of drug-likeness (QED) is 0.534. The van der Waals surface area contributed by atoms with E-state index in [0.717, 1.165) is 11.6 Å². The van der Waals surface area contributed by atoms with Crippen LogP contribution < -0.4 is 15.5 Å². The number of carbonyl (C=O) groups excluding carboxylic acids is 1. The maximum atomic E-state index is 13.6. The normalized spacial score (nSPS) is 10.7. The number of ether oxygens (including phenoxy) is 1. The van der Waals surface area contributed by atoms with Gasteiger partial charge in [0.2, 0.25) is 5.43 Å². The summed E-state index contributed by atoms with van der Waals surface area (Å²) in [6, 6.07) is 20.6. The fraction of sp³-hybridized carbons (Fsp3) is 0.0833. The average molecular weight is 402 g/mol. The van der Waals surface area contributed by atoms with E-state index in [-0.39, 0.29) is 10.9 Å². The number of rotatable bonds is 5. The molecule has 0 radical (unpaired) electrons. The molecule has 6 heteroatoms. The van der Waals surface area contributed by atoms with E-state index >= 15 is 0 Å². The van der Waals surface area contributed by atoms with E-state index in [2.05, 4.69) is 5.32 Å². The standard InChI is InChI=1S/C24H19FN2O3/c1-27-14-21(23(28)20-13-17(25)7-12-22(20)27)24(29)26-18-8-10-19(11-9-18)30-15-16-5-3-2-4-6-16/h2-14H,15H2,1H3,(H,26,29). The number of aryl methyl sites for hydroxylation is 1. The number of benzene rings is 3. The number of hydrogen-bond acceptors (Lipinski definition) is 3. The van der Waals surface area contributed by atoms with Crippen molar-refractivity contribution in [2.45, 2.75) is 6.61 Å². The molecule has 150 valence electrons. The molecule has 0 aliphatic rings. The molecular weight excluding hydrogens is 383 g/mol. The van der Waals surface area contributed by atoms with Crippen LogP contribution >= 0.6 is 0 Å². The number of carbonyl (C=O) groups is 1. The van der Waals surface area contributed by atoms with Gasteiger partial charge in [0.15, 0.2) is 0 Å². The molecule has 0 spiro atoms. The van der Waals surface area contributed by atoms with E-state index in [1.54, 1.807) is 35.9 Å². The van der Waals surface area contributed by atoms with Crippen molar-refractivity contribution in [2.75, 3.05) is 5.32 Å². The van der Waals surface area contributed by atoms with Crippen LogP contribution in [0, 0.1) is 5.82 Å². The van der Waals surface area contributed by atoms with Gasteiger partial charge in [-0.3, -0.25) is 9.59 Å². The molecule has 0 atom stereocenters. The van der Waals surface area contributed by atoms with Crippen LogP contribution in [0.2, 0.25) is 0 Å². The molecule has 1 heterocycles. The van der Waals surface area contributed by atoms with Crippen LogP contribution in [0.25, 0.3) is 10.9 Å². The molecule has 1 amide bonds. The zero-order chi connectivity index (χ0) is 21.1. The van der Waals surface area contributed by atoms with Crippen LogP contribution in [-0.4, -0.2) is 10.5 Å². The Morgan fingerprint density at radius 3 is 2.50 bits per heavy atom. The van der Waals surface area contributed by atoms with Gasteiger partial charge in [0.25, 0.3) is 5.91 Å². The van der Waals surface area contributed by atoms with Gasteiger partial charge in [-0.1, -0.05) is 30.3 Å². The monoisotopic (exact) mass is 402 g/mol. The van der Waals surface area contributed by atoms with Gasteiger partial charge in [0, 0.05) is 24.3 Å². The van der Waals surface area contributed by atoms with Crippen molar-refractivity contribution >= 4 is 22.5 Å². The molecule has 5 nitrogen and oxygen atoms in total. The van der Waals surface area contributed by atoms with E-state index < -0.39 is 17.2 Å². The molecule has 4 aromatic rings. The molecule has 30 heavy (non-hydrogen) atoms. The number of nitrogens with one attached hydrogen (secondary N) is 1. The van der Waals surface area contributed by atoms with Crippen molar-refractivity contribution in [3.05, 3.63) is 106 Å². The summed E-state index contributed by atoms with van der Waals surface area (Å²) in [6.07, 6.45) is 1.45. The Labute approximate surface area is 172 Å². The second-order valence-electron chi connectivity index (χ2n) is 6.90. The summed E-state index contributed by atoms with van der Waals surface area (Å²) in [5, 5.41) is 2.87. The molecule has 0 saturated carbocycles. The van der Waals surface area contributed by atoms with Crippen molar-refractivity contribution in [3.63, 3.8) is 0 Å². The van der Waals surface area contributed by atoms with E-state index in [9.17, 15) is 14.0 Å². The Morgan fingerprint density at radius 1 is 1.03 bits per heavy atom. The Morgan fingerprint density at radius 2 is 1.77 bits per heavy atom. The number of aromatic nitrogens is 1. The van der Waals surface area contributed by atoms with Crippen molar-refractivity contribution in [3.8, 4) is 5.75 Å². The van der Waals surface area contributed by atoms with Crippen LogP contribution in [0.5, 0.6) is 5.75 Å². The lowest BCUT2D eigenvalue weighted by molar-refractivity contribution is 0.102. The Bertz CT molecular complexity index is 1270. The minimum atomic E-state index is -0.556. The molecule has 0 saturated heterocycles. The summed E-state index contributed by atoms with van der Waals surface area (Å²) in [4.78, 5) is 25.3. The van der Waals surface area contributed by atoms with Gasteiger partial charge in [-0.05, 0) is 48.0 Å². The first-order chi connectivity index (χ1) is 14.5. The molecule has 1 N–H and O–H groups in total. The minimum Gasteiger partial charge on any atom is -0.489 e. The zero-order valence-electron chi connectivity index (χ0n) is 16.3. The van der Waals surface area contributed by atoms with E-state index in [1.807, 2.05) is 30.3 Å². The Balaban J connectivity index is 1.50. The van der Waals surface area contributed by atoms with Crippen molar-refractivity contribution in [1.29, 1.82) is 0 Å². The SMILES string of the molecule is Cn1cc(C(=O)Nc2ccc(OCc3ccccc3)cc2)c(=O)c2cc(F)ccc21. The summed E-state index contributed by atoms with van der Waals surface area (Å²) in [7, 11) is 1.70. The van der Waals surface area contributed by atoms with Crippen LogP contribution in [-0.2, 0) is 13.7 Å². The smallest absolute Gasteiger partial charge is 0.261 e. The lowest BCUT2D eigenvalue weighted by Crippen LogP contribution is -2.23. The van der Waals surface area contributed by atoms with Gasteiger partial charge in [0.1, 0.15) is 23.7 Å². The highest BCUT2D eigenvalue weighted by Gasteiger charge is 2.15. The maximum absolute atomic E-state index is 13.6.